The first-order chi connectivity index (χ1) is 8.24. The Labute approximate surface area is 119 Å². The quantitative estimate of drug-likeness (QED) is 0.860. The van der Waals surface area contributed by atoms with Gasteiger partial charge >= 0.3 is 6.09 Å². The maximum atomic E-state index is 11.6. The van der Waals surface area contributed by atoms with Gasteiger partial charge in [-0.1, -0.05) is 0 Å². The van der Waals surface area contributed by atoms with E-state index in [-0.39, 0.29) is 0 Å². The van der Waals surface area contributed by atoms with Crippen molar-refractivity contribution in [3.05, 3.63) is 20.3 Å². The third-order valence-electron chi connectivity index (χ3n) is 2.02. The van der Waals surface area contributed by atoms with E-state index >= 15 is 0 Å². The molecule has 1 heterocycles. The Hall–Kier alpha value is -0.880. The molecule has 0 spiro atoms. The molecule has 1 atom stereocenters. The molecule has 0 aliphatic heterocycles. The number of nitrogens with one attached hydrogen (secondary N) is 1. The molecule has 0 aromatic carbocycles. The van der Waals surface area contributed by atoms with E-state index < -0.39 is 17.7 Å². The first-order valence-corrected chi connectivity index (χ1v) is 7.10. The maximum Gasteiger partial charge on any atom is 0.408 e. The second-order valence-electron chi connectivity index (χ2n) is 4.86. The molecule has 0 aliphatic rings. The fraction of sp³-hybridized carbons (Fsp3) is 0.500. The molecule has 6 heteroatoms. The minimum absolute atomic E-state index is 0.583. The van der Waals surface area contributed by atoms with Gasteiger partial charge in [-0.2, -0.15) is 0 Å². The van der Waals surface area contributed by atoms with Gasteiger partial charge in [-0.05, 0) is 54.6 Å². The van der Waals surface area contributed by atoms with E-state index in [0.717, 1.165) is 14.9 Å². The highest BCUT2D eigenvalue weighted by Crippen LogP contribution is 2.32. The lowest BCUT2D eigenvalue weighted by Crippen LogP contribution is -2.35. The third-order valence-corrected chi connectivity index (χ3v) is 4.51. The van der Waals surface area contributed by atoms with Gasteiger partial charge in [-0.25, -0.2) is 4.79 Å². The molecule has 1 aromatic rings. The molecular formula is C12H16BrNO3S. The Bertz CT molecular complexity index is 451. The standard InChI is InChI=1S/C12H16BrNO3S/c1-7-6-18-10(9(7)13)8(5-15)14-11(16)17-12(2,3)4/h5-6,8H,1-4H3,(H,14,16). The van der Waals surface area contributed by atoms with Gasteiger partial charge in [0.2, 0.25) is 0 Å². The van der Waals surface area contributed by atoms with E-state index in [1.165, 1.54) is 11.3 Å². The number of aryl methyl sites for hydroxylation is 1. The molecule has 1 rings (SSSR count). The van der Waals surface area contributed by atoms with Gasteiger partial charge in [0.25, 0.3) is 0 Å². The average Bonchev–Trinajstić information content (AvgIpc) is 2.54. The molecule has 1 aromatic heterocycles. The van der Waals surface area contributed by atoms with E-state index in [1.54, 1.807) is 20.8 Å². The van der Waals surface area contributed by atoms with Crippen LogP contribution in [0.3, 0.4) is 0 Å². The van der Waals surface area contributed by atoms with E-state index in [0.29, 0.717) is 6.29 Å². The van der Waals surface area contributed by atoms with Crippen LogP contribution in [0.1, 0.15) is 37.3 Å². The molecule has 0 saturated carbocycles. The van der Waals surface area contributed by atoms with Gasteiger partial charge in [-0.15, -0.1) is 11.3 Å². The summed E-state index contributed by atoms with van der Waals surface area (Å²) in [5.41, 5.74) is 0.452. The summed E-state index contributed by atoms with van der Waals surface area (Å²) in [7, 11) is 0. The third kappa shape index (κ3) is 4.10. The summed E-state index contributed by atoms with van der Waals surface area (Å²) in [6.07, 6.45) is 0.0949. The minimum Gasteiger partial charge on any atom is -0.444 e. The first-order valence-electron chi connectivity index (χ1n) is 5.43. The zero-order valence-electron chi connectivity index (χ0n) is 10.7. The highest BCUT2D eigenvalue weighted by atomic mass is 79.9. The molecule has 18 heavy (non-hydrogen) atoms. The van der Waals surface area contributed by atoms with E-state index in [9.17, 15) is 9.59 Å². The largest absolute Gasteiger partial charge is 0.444 e. The summed E-state index contributed by atoms with van der Waals surface area (Å²) in [5, 5.41) is 4.47. The van der Waals surface area contributed by atoms with Crippen molar-refractivity contribution in [3.8, 4) is 0 Å². The number of hydrogen-bond acceptors (Lipinski definition) is 4. The highest BCUT2D eigenvalue weighted by molar-refractivity contribution is 9.10. The summed E-state index contributed by atoms with van der Waals surface area (Å²) < 4.78 is 5.97. The van der Waals surface area contributed by atoms with Crippen LogP contribution in [0.2, 0.25) is 0 Å². The van der Waals surface area contributed by atoms with Crippen molar-refractivity contribution in [1.82, 2.24) is 5.32 Å². The Morgan fingerprint density at radius 2 is 2.17 bits per heavy atom. The summed E-state index contributed by atoms with van der Waals surface area (Å²) in [6.45, 7) is 7.24. The fourth-order valence-corrected chi connectivity index (χ4v) is 3.00. The SMILES string of the molecule is Cc1csc(C(C=O)NC(=O)OC(C)(C)C)c1Br. The Morgan fingerprint density at radius 3 is 2.56 bits per heavy atom. The van der Waals surface area contributed by atoms with E-state index in [1.807, 2.05) is 12.3 Å². The first kappa shape index (κ1) is 15.2. The van der Waals surface area contributed by atoms with Crippen LogP contribution < -0.4 is 5.32 Å². The smallest absolute Gasteiger partial charge is 0.408 e. The predicted molar refractivity (Wildman–Crippen MR) is 74.9 cm³/mol. The molecule has 100 valence electrons. The number of aldehydes is 1. The maximum absolute atomic E-state index is 11.6. The number of rotatable bonds is 3. The van der Waals surface area contributed by atoms with Crippen LogP contribution in [0.4, 0.5) is 4.79 Å². The number of thiophene rings is 1. The van der Waals surface area contributed by atoms with Crippen LogP contribution in [0, 0.1) is 6.92 Å². The number of ether oxygens (including phenoxy) is 1. The van der Waals surface area contributed by atoms with Crippen molar-refractivity contribution in [2.45, 2.75) is 39.3 Å². The number of hydrogen-bond donors (Lipinski definition) is 1. The van der Waals surface area contributed by atoms with Crippen molar-refractivity contribution < 1.29 is 14.3 Å². The normalized spacial score (nSPS) is 12.9. The number of halogens is 1. The number of carbonyl (C=O) groups excluding carboxylic acids is 2. The molecule has 0 fully saturated rings. The van der Waals surface area contributed by atoms with E-state index in [4.69, 9.17) is 4.74 Å². The van der Waals surface area contributed by atoms with Crippen LogP contribution in [0.25, 0.3) is 0 Å². The van der Waals surface area contributed by atoms with Gasteiger partial charge in [0, 0.05) is 9.35 Å². The molecule has 0 bridgehead atoms. The molecule has 1 N–H and O–H groups in total. The minimum atomic E-state index is -0.687. The number of alkyl carbamates (subject to hydrolysis) is 1. The highest BCUT2D eigenvalue weighted by Gasteiger charge is 2.22. The monoisotopic (exact) mass is 333 g/mol. The van der Waals surface area contributed by atoms with Crippen LogP contribution in [0.15, 0.2) is 9.85 Å². The van der Waals surface area contributed by atoms with Gasteiger partial charge in [0.15, 0.2) is 0 Å². The topological polar surface area (TPSA) is 55.4 Å². The second-order valence-corrected chi connectivity index (χ2v) is 6.56. The van der Waals surface area contributed by atoms with Gasteiger partial charge in [0.1, 0.15) is 17.9 Å². The lowest BCUT2D eigenvalue weighted by atomic mass is 10.2. The summed E-state index contributed by atoms with van der Waals surface area (Å²) in [5.74, 6) is 0. The van der Waals surface area contributed by atoms with Crippen LogP contribution in [-0.4, -0.2) is 18.0 Å². The van der Waals surface area contributed by atoms with Gasteiger partial charge in [0.05, 0.1) is 0 Å². The van der Waals surface area contributed by atoms with Crippen molar-refractivity contribution in [2.75, 3.05) is 0 Å². The zero-order valence-corrected chi connectivity index (χ0v) is 13.1. The lowest BCUT2D eigenvalue weighted by Gasteiger charge is -2.21. The predicted octanol–water partition coefficient (Wildman–Crippen LogP) is 3.58. The summed E-state index contributed by atoms with van der Waals surface area (Å²) >= 11 is 4.82. The van der Waals surface area contributed by atoms with Crippen molar-refractivity contribution in [3.63, 3.8) is 0 Å². The molecule has 0 radical (unpaired) electrons. The van der Waals surface area contributed by atoms with Crippen molar-refractivity contribution >= 4 is 39.6 Å². The molecule has 1 unspecified atom stereocenters. The van der Waals surface area contributed by atoms with Gasteiger partial charge < -0.3 is 14.8 Å². The molecule has 4 nitrogen and oxygen atoms in total. The summed E-state index contributed by atoms with van der Waals surface area (Å²) in [4.78, 5) is 23.5. The number of carbonyl (C=O) groups is 2. The van der Waals surface area contributed by atoms with Gasteiger partial charge in [-0.3, -0.25) is 0 Å². The molecule has 0 aliphatic carbocycles. The van der Waals surface area contributed by atoms with Crippen LogP contribution in [-0.2, 0) is 9.53 Å². The fourth-order valence-electron chi connectivity index (χ4n) is 1.26. The van der Waals surface area contributed by atoms with Crippen LogP contribution >= 0.6 is 27.3 Å². The molecular weight excluding hydrogens is 318 g/mol. The average molecular weight is 334 g/mol. The second kappa shape index (κ2) is 5.84. The zero-order chi connectivity index (χ0) is 13.9. The summed E-state index contributed by atoms with van der Waals surface area (Å²) in [6, 6.07) is -0.687. The molecule has 1 amide bonds. The van der Waals surface area contributed by atoms with Crippen molar-refractivity contribution in [2.24, 2.45) is 0 Å². The lowest BCUT2D eigenvalue weighted by molar-refractivity contribution is -0.109. The Morgan fingerprint density at radius 1 is 1.56 bits per heavy atom. The Balaban J connectivity index is 2.77. The Kier molecular flexibility index (Phi) is 4.92. The van der Waals surface area contributed by atoms with Crippen LogP contribution in [0.5, 0.6) is 0 Å². The van der Waals surface area contributed by atoms with E-state index in [2.05, 4.69) is 21.2 Å². The molecule has 0 saturated heterocycles. The number of amides is 1. The van der Waals surface area contributed by atoms with Crippen molar-refractivity contribution in [1.29, 1.82) is 0 Å².